The lowest BCUT2D eigenvalue weighted by Crippen LogP contribution is -2.24. The molecule has 1 aliphatic heterocycles. The maximum absolute atomic E-state index is 11.1. The highest BCUT2D eigenvalue weighted by Crippen LogP contribution is 2.43. The molecule has 0 radical (unpaired) electrons. The number of nitrogens with zero attached hydrogens (tertiary/aromatic N) is 2. The molecule has 1 unspecified atom stereocenters. The Bertz CT molecular complexity index is 488. The van der Waals surface area contributed by atoms with Crippen LogP contribution in [-0.4, -0.2) is 34.4 Å². The minimum absolute atomic E-state index is 0.192. The second-order valence-corrected chi connectivity index (χ2v) is 6.41. The summed E-state index contributed by atoms with van der Waals surface area (Å²) in [5.74, 6) is 0.777. The zero-order valence-corrected chi connectivity index (χ0v) is 12.2. The van der Waals surface area contributed by atoms with E-state index < -0.39 is 5.97 Å². The van der Waals surface area contributed by atoms with Gasteiger partial charge in [-0.1, -0.05) is 18.0 Å². The Morgan fingerprint density at radius 1 is 1.33 bits per heavy atom. The number of carboxylic acids is 1. The van der Waals surface area contributed by atoms with E-state index >= 15 is 0 Å². The van der Waals surface area contributed by atoms with Crippen LogP contribution in [0.5, 0.6) is 0 Å². The van der Waals surface area contributed by atoms with Crippen LogP contribution in [0.2, 0.25) is 0 Å². The third-order valence-electron chi connectivity index (χ3n) is 4.73. The summed E-state index contributed by atoms with van der Waals surface area (Å²) < 4.78 is 10.8. The molecule has 2 fully saturated rings. The Balaban J connectivity index is 1.68. The van der Waals surface area contributed by atoms with Crippen LogP contribution in [0.4, 0.5) is 0 Å². The summed E-state index contributed by atoms with van der Waals surface area (Å²) in [7, 11) is 0. The van der Waals surface area contributed by atoms with Crippen LogP contribution in [0.3, 0.4) is 0 Å². The molecule has 1 aromatic heterocycles. The number of hydrogen-bond donors (Lipinski definition) is 1. The van der Waals surface area contributed by atoms with Gasteiger partial charge < -0.3 is 14.4 Å². The standard InChI is InChI=1S/C15H22N2O4/c18-13(19)9-15(5-1-2-6-15)8-12-16-14(17-21-12)11-4-3-7-20-10-11/h11H,1-10H2,(H,18,19). The second-order valence-electron chi connectivity index (χ2n) is 6.41. The summed E-state index contributed by atoms with van der Waals surface area (Å²) in [5.41, 5.74) is -0.196. The maximum atomic E-state index is 11.1. The van der Waals surface area contributed by atoms with Gasteiger partial charge in [0.1, 0.15) is 0 Å². The first-order valence-electron chi connectivity index (χ1n) is 7.79. The zero-order valence-electron chi connectivity index (χ0n) is 12.2. The first-order valence-corrected chi connectivity index (χ1v) is 7.79. The second kappa shape index (κ2) is 6.13. The van der Waals surface area contributed by atoms with E-state index in [-0.39, 0.29) is 17.8 Å². The van der Waals surface area contributed by atoms with E-state index in [1.54, 1.807) is 0 Å². The molecule has 1 atom stereocenters. The molecular formula is C15H22N2O4. The molecule has 1 aliphatic carbocycles. The first kappa shape index (κ1) is 14.5. The fourth-order valence-corrected chi connectivity index (χ4v) is 3.63. The van der Waals surface area contributed by atoms with Gasteiger partial charge >= 0.3 is 5.97 Å². The Labute approximate surface area is 123 Å². The Hall–Kier alpha value is -1.43. The average Bonchev–Trinajstić information content (AvgIpc) is 3.09. The fourth-order valence-electron chi connectivity index (χ4n) is 3.63. The van der Waals surface area contributed by atoms with Crippen LogP contribution in [0.15, 0.2) is 4.52 Å². The van der Waals surface area contributed by atoms with Crippen molar-refractivity contribution in [1.29, 1.82) is 0 Å². The molecule has 0 bridgehead atoms. The normalized spacial score (nSPS) is 25.0. The molecule has 1 aromatic rings. The number of carboxylic acid groups (broad SMARTS) is 1. The molecule has 1 saturated carbocycles. The minimum Gasteiger partial charge on any atom is -0.481 e. The first-order chi connectivity index (χ1) is 10.2. The number of ether oxygens (including phenoxy) is 1. The van der Waals surface area contributed by atoms with Gasteiger partial charge in [0, 0.05) is 18.9 Å². The van der Waals surface area contributed by atoms with Crippen LogP contribution in [-0.2, 0) is 16.0 Å². The number of hydrogen-bond acceptors (Lipinski definition) is 5. The lowest BCUT2D eigenvalue weighted by molar-refractivity contribution is -0.139. The van der Waals surface area contributed by atoms with Crippen molar-refractivity contribution in [1.82, 2.24) is 10.1 Å². The summed E-state index contributed by atoms with van der Waals surface area (Å²) in [6.07, 6.45) is 6.87. The van der Waals surface area contributed by atoms with Gasteiger partial charge in [-0.15, -0.1) is 0 Å². The number of carbonyl (C=O) groups is 1. The van der Waals surface area contributed by atoms with E-state index in [0.717, 1.165) is 45.1 Å². The Morgan fingerprint density at radius 2 is 2.14 bits per heavy atom. The van der Waals surface area contributed by atoms with E-state index in [2.05, 4.69) is 10.1 Å². The van der Waals surface area contributed by atoms with Crippen molar-refractivity contribution in [2.24, 2.45) is 5.41 Å². The van der Waals surface area contributed by atoms with Crippen LogP contribution in [0, 0.1) is 5.41 Å². The molecule has 3 rings (SSSR count). The fraction of sp³-hybridized carbons (Fsp3) is 0.800. The topological polar surface area (TPSA) is 85.5 Å². The van der Waals surface area contributed by atoms with Crippen molar-refractivity contribution >= 4 is 5.97 Å². The van der Waals surface area contributed by atoms with Crippen molar-refractivity contribution in [2.75, 3.05) is 13.2 Å². The van der Waals surface area contributed by atoms with Gasteiger partial charge in [-0.05, 0) is 31.1 Å². The number of rotatable bonds is 5. The largest absolute Gasteiger partial charge is 0.481 e. The van der Waals surface area contributed by atoms with Gasteiger partial charge in [0.25, 0.3) is 0 Å². The quantitative estimate of drug-likeness (QED) is 0.898. The summed E-state index contributed by atoms with van der Waals surface area (Å²) in [6.45, 7) is 1.46. The van der Waals surface area contributed by atoms with Gasteiger partial charge in [0.2, 0.25) is 5.89 Å². The molecule has 2 heterocycles. The molecule has 0 amide bonds. The van der Waals surface area contributed by atoms with Gasteiger partial charge in [-0.3, -0.25) is 4.79 Å². The van der Waals surface area contributed by atoms with E-state index in [1.165, 1.54) is 0 Å². The molecule has 1 saturated heterocycles. The summed E-state index contributed by atoms with van der Waals surface area (Å²) in [4.78, 5) is 15.6. The monoisotopic (exact) mass is 294 g/mol. The number of aliphatic carboxylic acids is 1. The predicted molar refractivity (Wildman–Crippen MR) is 73.9 cm³/mol. The van der Waals surface area contributed by atoms with Gasteiger partial charge in [0.05, 0.1) is 13.0 Å². The van der Waals surface area contributed by atoms with Crippen molar-refractivity contribution < 1.29 is 19.2 Å². The molecule has 1 N–H and O–H groups in total. The van der Waals surface area contributed by atoms with E-state index in [1.807, 2.05) is 0 Å². The minimum atomic E-state index is -0.739. The molecule has 21 heavy (non-hydrogen) atoms. The molecular weight excluding hydrogens is 272 g/mol. The Kier molecular flexibility index (Phi) is 4.24. The van der Waals surface area contributed by atoms with Crippen LogP contribution >= 0.6 is 0 Å². The summed E-state index contributed by atoms with van der Waals surface area (Å²) >= 11 is 0. The highest BCUT2D eigenvalue weighted by atomic mass is 16.5. The summed E-state index contributed by atoms with van der Waals surface area (Å²) in [5, 5.41) is 13.2. The lowest BCUT2D eigenvalue weighted by Gasteiger charge is -2.24. The van der Waals surface area contributed by atoms with Crippen LogP contribution in [0.1, 0.15) is 62.6 Å². The van der Waals surface area contributed by atoms with E-state index in [0.29, 0.717) is 24.7 Å². The highest BCUT2D eigenvalue weighted by molar-refractivity contribution is 5.67. The van der Waals surface area contributed by atoms with Crippen molar-refractivity contribution in [3.05, 3.63) is 11.7 Å². The van der Waals surface area contributed by atoms with Gasteiger partial charge in [-0.2, -0.15) is 4.98 Å². The Morgan fingerprint density at radius 3 is 2.81 bits per heavy atom. The molecule has 0 spiro atoms. The average molecular weight is 294 g/mol. The number of aromatic nitrogens is 2. The third kappa shape index (κ3) is 3.43. The molecule has 2 aliphatic rings. The van der Waals surface area contributed by atoms with Gasteiger partial charge in [-0.25, -0.2) is 0 Å². The third-order valence-corrected chi connectivity index (χ3v) is 4.73. The van der Waals surface area contributed by atoms with E-state index in [4.69, 9.17) is 14.4 Å². The molecule has 6 nitrogen and oxygen atoms in total. The van der Waals surface area contributed by atoms with Crippen molar-refractivity contribution in [3.8, 4) is 0 Å². The zero-order chi connectivity index (χ0) is 14.7. The van der Waals surface area contributed by atoms with Crippen LogP contribution in [0.25, 0.3) is 0 Å². The van der Waals surface area contributed by atoms with Gasteiger partial charge in [0.15, 0.2) is 5.82 Å². The SMILES string of the molecule is O=C(O)CC1(Cc2nc(C3CCCOC3)no2)CCCC1. The molecule has 116 valence electrons. The molecule has 0 aromatic carbocycles. The predicted octanol–water partition coefficient (Wildman–Crippen LogP) is 2.54. The van der Waals surface area contributed by atoms with Crippen molar-refractivity contribution in [2.45, 2.75) is 57.3 Å². The highest BCUT2D eigenvalue weighted by Gasteiger charge is 2.38. The molecule has 6 heteroatoms. The maximum Gasteiger partial charge on any atom is 0.303 e. The van der Waals surface area contributed by atoms with Crippen LogP contribution < -0.4 is 0 Å². The lowest BCUT2D eigenvalue weighted by atomic mass is 9.79. The summed E-state index contributed by atoms with van der Waals surface area (Å²) in [6, 6.07) is 0. The smallest absolute Gasteiger partial charge is 0.303 e. The van der Waals surface area contributed by atoms with E-state index in [9.17, 15) is 4.79 Å². The van der Waals surface area contributed by atoms with Crippen molar-refractivity contribution in [3.63, 3.8) is 0 Å².